The van der Waals surface area contributed by atoms with Crippen LogP contribution in [0.15, 0.2) is 0 Å². The van der Waals surface area contributed by atoms with Crippen molar-refractivity contribution in [3.63, 3.8) is 0 Å². The largest absolute Gasteiger partial charge is 0.394 e. The average Bonchev–Trinajstić information content (AvgIpc) is 2.66. The molecule has 0 rings (SSSR count). The van der Waals surface area contributed by atoms with Crippen LogP contribution >= 0.6 is 7.60 Å². The first kappa shape index (κ1) is 30.2. The van der Waals surface area contributed by atoms with Gasteiger partial charge in [-0.05, 0) is 6.42 Å². The Morgan fingerprint density at radius 2 is 0.893 bits per heavy atom. The molecule has 0 aromatic carbocycles. The van der Waals surface area contributed by atoms with Crippen LogP contribution in [-0.2, 0) is 4.57 Å². The van der Waals surface area contributed by atoms with Crippen LogP contribution in [-0.4, -0.2) is 50.6 Å². The second-order valence-corrected chi connectivity index (χ2v) is 9.49. The molecule has 0 radical (unpaired) electrons. The molecular weight excluding hydrogens is 379 g/mol. The van der Waals surface area contributed by atoms with Gasteiger partial charge in [0.2, 0.25) is 0 Å². The molecule has 0 aromatic rings. The van der Waals surface area contributed by atoms with Gasteiger partial charge in [0, 0.05) is 6.16 Å². The number of hydrogen-bond acceptors (Lipinski definition) is 4. The van der Waals surface area contributed by atoms with E-state index in [0.717, 1.165) is 12.8 Å². The van der Waals surface area contributed by atoms with Gasteiger partial charge in [0.15, 0.2) is 0 Å². The summed E-state index contributed by atoms with van der Waals surface area (Å²) >= 11 is 0. The molecule has 0 atom stereocenters. The molecule has 172 valence electrons. The molecule has 6 nitrogen and oxygen atoms in total. The summed E-state index contributed by atoms with van der Waals surface area (Å²) in [5.41, 5.74) is 0. The van der Waals surface area contributed by atoms with Gasteiger partial charge in [-0.3, -0.25) is 4.57 Å². The van der Waals surface area contributed by atoms with Crippen molar-refractivity contribution in [2.45, 2.75) is 116 Å². The van der Waals surface area contributed by atoms with Crippen molar-refractivity contribution in [3.8, 4) is 0 Å². The van der Waals surface area contributed by atoms with Crippen LogP contribution < -0.4 is 0 Å². The molecule has 0 fully saturated rings. The summed E-state index contributed by atoms with van der Waals surface area (Å²) in [6, 6.07) is 0. The lowest BCUT2D eigenvalue weighted by Crippen LogP contribution is -2.15. The van der Waals surface area contributed by atoms with Crippen LogP contribution in [0, 0.1) is 0 Å². The Kier molecular flexibility index (Phi) is 25.2. The quantitative estimate of drug-likeness (QED) is 0.150. The van der Waals surface area contributed by atoms with E-state index in [2.05, 4.69) is 6.92 Å². The molecular formula is C21H47O6P. The summed E-state index contributed by atoms with van der Waals surface area (Å²) in [5.74, 6) is 0. The highest BCUT2D eigenvalue weighted by Crippen LogP contribution is 2.35. The van der Waals surface area contributed by atoms with E-state index >= 15 is 0 Å². The first-order chi connectivity index (χ1) is 13.4. The van der Waals surface area contributed by atoms with Crippen LogP contribution in [0.3, 0.4) is 0 Å². The maximum Gasteiger partial charge on any atom is 0.325 e. The highest BCUT2D eigenvalue weighted by Gasteiger charge is 2.10. The molecule has 0 amide bonds. The topological polar surface area (TPSA) is 118 Å². The van der Waals surface area contributed by atoms with E-state index < -0.39 is 13.7 Å². The maximum atomic E-state index is 10.7. The van der Waals surface area contributed by atoms with Gasteiger partial charge >= 0.3 is 7.60 Å². The SMILES string of the molecule is CCCCCCCCCCCCCCCCCCP(=O)(O)O.OCC(O)CO. The molecule has 0 heterocycles. The molecule has 7 heteroatoms. The Bertz CT molecular complexity index is 331. The highest BCUT2D eigenvalue weighted by atomic mass is 31.2. The number of aliphatic hydroxyl groups excluding tert-OH is 3. The van der Waals surface area contributed by atoms with Crippen LogP contribution in [0.1, 0.15) is 110 Å². The monoisotopic (exact) mass is 426 g/mol. The lowest BCUT2D eigenvalue weighted by molar-refractivity contribution is 0.0450. The zero-order chi connectivity index (χ0) is 21.5. The van der Waals surface area contributed by atoms with Gasteiger partial charge in [0.1, 0.15) is 6.10 Å². The van der Waals surface area contributed by atoms with Crippen molar-refractivity contribution in [1.29, 1.82) is 0 Å². The molecule has 0 aliphatic heterocycles. The van der Waals surface area contributed by atoms with E-state index in [1.54, 1.807) is 0 Å². The third-order valence-corrected chi connectivity index (χ3v) is 5.62. The predicted molar refractivity (Wildman–Crippen MR) is 117 cm³/mol. The summed E-state index contributed by atoms with van der Waals surface area (Å²) in [4.78, 5) is 17.5. The minimum atomic E-state index is -3.75. The molecule has 0 unspecified atom stereocenters. The van der Waals surface area contributed by atoms with Gasteiger partial charge in [-0.15, -0.1) is 0 Å². The van der Waals surface area contributed by atoms with E-state index in [9.17, 15) is 4.57 Å². The minimum Gasteiger partial charge on any atom is -0.394 e. The third-order valence-electron chi connectivity index (χ3n) is 4.72. The lowest BCUT2D eigenvalue weighted by Gasteiger charge is -2.04. The Hall–Kier alpha value is 0.0300. The van der Waals surface area contributed by atoms with E-state index in [0.29, 0.717) is 6.42 Å². The Morgan fingerprint density at radius 1 is 0.607 bits per heavy atom. The summed E-state index contributed by atoms with van der Waals surface area (Å²) in [6.07, 6.45) is 19.7. The van der Waals surface area contributed by atoms with Crippen molar-refractivity contribution in [3.05, 3.63) is 0 Å². The maximum absolute atomic E-state index is 10.7. The zero-order valence-corrected chi connectivity index (χ0v) is 19.0. The van der Waals surface area contributed by atoms with Gasteiger partial charge in [-0.25, -0.2) is 0 Å². The number of rotatable bonds is 19. The summed E-state index contributed by atoms with van der Waals surface area (Å²) in [6.45, 7) is 1.54. The Balaban J connectivity index is 0. The number of aliphatic hydroxyl groups is 3. The zero-order valence-electron chi connectivity index (χ0n) is 18.1. The van der Waals surface area contributed by atoms with E-state index in [1.165, 1.54) is 83.5 Å². The smallest absolute Gasteiger partial charge is 0.325 e. The third kappa shape index (κ3) is 30.7. The van der Waals surface area contributed by atoms with Gasteiger partial charge in [0.05, 0.1) is 13.2 Å². The van der Waals surface area contributed by atoms with Crippen molar-refractivity contribution in [2.75, 3.05) is 19.4 Å². The molecule has 0 spiro atoms. The van der Waals surface area contributed by atoms with Crippen molar-refractivity contribution in [2.24, 2.45) is 0 Å². The van der Waals surface area contributed by atoms with Gasteiger partial charge in [-0.2, -0.15) is 0 Å². The van der Waals surface area contributed by atoms with E-state index in [-0.39, 0.29) is 19.4 Å². The van der Waals surface area contributed by atoms with Crippen molar-refractivity contribution >= 4 is 7.60 Å². The molecule has 0 aliphatic carbocycles. The fraction of sp³-hybridized carbons (Fsp3) is 1.00. The molecule has 0 saturated carbocycles. The molecule has 0 aliphatic rings. The normalized spacial score (nSPS) is 11.5. The minimum absolute atomic E-state index is 0.0610. The molecule has 0 aromatic heterocycles. The molecule has 0 saturated heterocycles. The first-order valence-corrected chi connectivity index (χ1v) is 13.1. The number of hydrogen-bond donors (Lipinski definition) is 5. The Morgan fingerprint density at radius 3 is 1.11 bits per heavy atom. The second kappa shape index (κ2) is 23.3. The van der Waals surface area contributed by atoms with E-state index in [4.69, 9.17) is 25.1 Å². The first-order valence-electron chi connectivity index (χ1n) is 11.3. The van der Waals surface area contributed by atoms with Crippen LogP contribution in [0.4, 0.5) is 0 Å². The van der Waals surface area contributed by atoms with Gasteiger partial charge < -0.3 is 25.1 Å². The molecule has 28 heavy (non-hydrogen) atoms. The Labute approximate surface area is 172 Å². The molecule has 0 bridgehead atoms. The fourth-order valence-electron chi connectivity index (χ4n) is 2.92. The lowest BCUT2D eigenvalue weighted by atomic mass is 10.0. The van der Waals surface area contributed by atoms with Crippen LogP contribution in [0.25, 0.3) is 0 Å². The fourth-order valence-corrected chi connectivity index (χ4v) is 3.56. The van der Waals surface area contributed by atoms with Crippen molar-refractivity contribution in [1.82, 2.24) is 0 Å². The molecule has 5 N–H and O–H groups in total. The average molecular weight is 427 g/mol. The van der Waals surface area contributed by atoms with Crippen LogP contribution in [0.5, 0.6) is 0 Å². The predicted octanol–water partition coefficient (Wildman–Crippen LogP) is 4.76. The van der Waals surface area contributed by atoms with E-state index in [1.807, 2.05) is 0 Å². The standard InChI is InChI=1S/C18H39O3P.C3H8O3/c1-2-3-4-5-6-7-8-9-10-11-12-13-14-15-16-17-18-22(19,20)21;4-1-3(6)2-5/h2-18H2,1H3,(H2,19,20,21);3-6H,1-2H2. The summed E-state index contributed by atoms with van der Waals surface area (Å²) in [5, 5.41) is 24.0. The van der Waals surface area contributed by atoms with Gasteiger partial charge in [0.25, 0.3) is 0 Å². The summed E-state index contributed by atoms with van der Waals surface area (Å²) in [7, 11) is -3.75. The van der Waals surface area contributed by atoms with Gasteiger partial charge in [-0.1, -0.05) is 103 Å². The van der Waals surface area contributed by atoms with Crippen LogP contribution in [0.2, 0.25) is 0 Å². The van der Waals surface area contributed by atoms with Crippen molar-refractivity contribution < 1.29 is 29.7 Å². The summed E-state index contributed by atoms with van der Waals surface area (Å²) < 4.78 is 10.7. The second-order valence-electron chi connectivity index (χ2n) is 7.71. The number of unbranched alkanes of at least 4 members (excludes halogenated alkanes) is 15. The highest BCUT2D eigenvalue weighted by molar-refractivity contribution is 7.51.